The lowest BCUT2D eigenvalue weighted by Crippen LogP contribution is -2.70. The smallest absolute Gasteiger partial charge is 0.303 e. The molecule has 5 saturated heterocycles. The number of hydrogen-bond donors (Lipinski definition) is 3. The van der Waals surface area contributed by atoms with E-state index in [1.807, 2.05) is 30.3 Å². The van der Waals surface area contributed by atoms with Gasteiger partial charge in [-0.2, -0.15) is 0 Å². The summed E-state index contributed by atoms with van der Waals surface area (Å²) in [6.07, 6.45) is -24.5. The molecular formula is C63H79N3O26. The summed E-state index contributed by atoms with van der Waals surface area (Å²) in [6, 6.07) is 23.0. The maximum atomic E-state index is 13.5. The van der Waals surface area contributed by atoms with Crippen molar-refractivity contribution in [3.8, 4) is 0 Å². The van der Waals surface area contributed by atoms with E-state index in [1.165, 1.54) is 20.8 Å². The molecule has 2 bridgehead atoms. The van der Waals surface area contributed by atoms with Crippen LogP contribution in [0.5, 0.6) is 0 Å². The molecule has 92 heavy (non-hydrogen) atoms. The highest BCUT2D eigenvalue weighted by Crippen LogP contribution is 2.40. The van der Waals surface area contributed by atoms with Crippen LogP contribution in [0.4, 0.5) is 0 Å². The molecule has 0 aliphatic carbocycles. The van der Waals surface area contributed by atoms with E-state index in [0.717, 1.165) is 47.1 Å². The molecule has 3 N–H and O–H groups in total. The largest absolute Gasteiger partial charge is 0.463 e. The van der Waals surface area contributed by atoms with Crippen LogP contribution in [0.25, 0.3) is 0 Å². The zero-order chi connectivity index (χ0) is 66.2. The second-order valence-corrected chi connectivity index (χ2v) is 22.4. The third-order valence-corrected chi connectivity index (χ3v) is 15.0. The predicted octanol–water partition coefficient (Wildman–Crippen LogP) is 1.83. The quantitative estimate of drug-likeness (QED) is 0.0724. The summed E-state index contributed by atoms with van der Waals surface area (Å²) in [5.74, 6) is -6.81. The maximum absolute atomic E-state index is 13.5. The number of amides is 3. The van der Waals surface area contributed by atoms with Crippen LogP contribution in [-0.4, -0.2) is 203 Å². The first kappa shape index (κ1) is 70.3. The average Bonchev–Trinajstić information content (AvgIpc) is 1.13. The van der Waals surface area contributed by atoms with Crippen molar-refractivity contribution in [2.24, 2.45) is 0 Å². The van der Waals surface area contributed by atoms with Crippen molar-refractivity contribution in [2.45, 2.75) is 205 Å². The highest BCUT2D eigenvalue weighted by Gasteiger charge is 2.60. The van der Waals surface area contributed by atoms with E-state index >= 15 is 0 Å². The summed E-state index contributed by atoms with van der Waals surface area (Å²) in [5, 5.41) is 8.36. The molecule has 0 spiro atoms. The van der Waals surface area contributed by atoms with Crippen molar-refractivity contribution < 1.29 is 124 Å². The Labute approximate surface area is 530 Å². The second kappa shape index (κ2) is 33.3. The topological polar surface area (TPSA) is 347 Å². The normalized spacial score (nSPS) is 31.5. The molecule has 3 aromatic carbocycles. The fourth-order valence-electron chi connectivity index (χ4n) is 11.4. The summed E-state index contributed by atoms with van der Waals surface area (Å²) >= 11 is 0. The molecule has 3 aromatic rings. The van der Waals surface area contributed by atoms with Crippen molar-refractivity contribution in [3.63, 3.8) is 0 Å². The fourth-order valence-corrected chi connectivity index (χ4v) is 11.4. The molecule has 29 heteroatoms. The fraction of sp³-hybridized carbons (Fsp3) is 0.571. The van der Waals surface area contributed by atoms with Gasteiger partial charge in [-0.15, -0.1) is 0 Å². The monoisotopic (exact) mass is 1290 g/mol. The standard InChI is InChI=1S/C63H79N3O26/c1-32(67)64-48-55(79-26-42-21-15-11-16-22-42)52(47-31-82-60(48)88-47)91-63-59(80-27-43-23-17-12-18-24-43)58(92-62-50(66-34(3)69)57(86-40(9)75)54(84-38(7)73)46(89-62)29-77-36(5)71)51(78-25-41-19-13-10-14-20-41)44(90-63)30-81-61-49(65-33(2)68)56(85-39(8)74)53(83-37(6)72)45(87-61)28-76-35(4)70/h10-24,44-63H,25-31H2,1-9H3,(H,64,67)(H,65,68)(H,66,69)/t44-,45-,46-,47-,48-,49-,50-,51+,52-,53-,54-,55-,56-,57-,58+,59-,60-,61-,62+,63+/m1/s1. The molecule has 20 atom stereocenters. The van der Waals surface area contributed by atoms with Gasteiger partial charge in [0.15, 0.2) is 49.6 Å². The Morgan fingerprint density at radius 3 is 1.20 bits per heavy atom. The van der Waals surface area contributed by atoms with Crippen LogP contribution >= 0.6 is 0 Å². The van der Waals surface area contributed by atoms with E-state index in [4.69, 9.17) is 80.5 Å². The number of ether oxygens (including phenoxy) is 17. The van der Waals surface area contributed by atoms with Gasteiger partial charge >= 0.3 is 35.8 Å². The molecule has 5 heterocycles. The molecule has 5 fully saturated rings. The van der Waals surface area contributed by atoms with Crippen molar-refractivity contribution in [1.82, 2.24) is 16.0 Å². The average molecular weight is 1290 g/mol. The van der Waals surface area contributed by atoms with Gasteiger partial charge in [0.1, 0.15) is 86.3 Å². The second-order valence-electron chi connectivity index (χ2n) is 22.4. The Bertz CT molecular complexity index is 2980. The summed E-state index contributed by atoms with van der Waals surface area (Å²) in [6.45, 7) is 8.03. The summed E-state index contributed by atoms with van der Waals surface area (Å²) in [7, 11) is 0. The molecule has 29 nitrogen and oxygen atoms in total. The Morgan fingerprint density at radius 2 is 0.750 bits per heavy atom. The lowest BCUT2D eigenvalue weighted by Gasteiger charge is -2.51. The van der Waals surface area contributed by atoms with Crippen LogP contribution in [0.1, 0.15) is 79.0 Å². The van der Waals surface area contributed by atoms with E-state index in [-0.39, 0.29) is 26.4 Å². The highest BCUT2D eigenvalue weighted by molar-refractivity contribution is 5.75. The Balaban J connectivity index is 1.31. The first-order chi connectivity index (χ1) is 44.0. The molecule has 5 aliphatic heterocycles. The molecular weight excluding hydrogens is 1210 g/mol. The summed E-state index contributed by atoms with van der Waals surface area (Å²) in [5.41, 5.74) is 2.03. The van der Waals surface area contributed by atoms with Gasteiger partial charge in [-0.05, 0) is 16.7 Å². The zero-order valence-corrected chi connectivity index (χ0v) is 52.3. The highest BCUT2D eigenvalue weighted by atomic mass is 16.8. The third kappa shape index (κ3) is 19.5. The molecule has 0 aromatic heterocycles. The van der Waals surface area contributed by atoms with Crippen LogP contribution in [0.15, 0.2) is 91.0 Å². The number of nitrogens with one attached hydrogen (secondary N) is 3. The van der Waals surface area contributed by atoms with E-state index in [9.17, 15) is 43.2 Å². The van der Waals surface area contributed by atoms with Crippen molar-refractivity contribution >= 4 is 53.5 Å². The van der Waals surface area contributed by atoms with Gasteiger partial charge in [-0.25, -0.2) is 0 Å². The molecule has 5 aliphatic rings. The first-order valence-electron chi connectivity index (χ1n) is 29.9. The molecule has 8 rings (SSSR count). The number of carbonyl (C=O) groups excluding carboxylic acids is 9. The molecule has 502 valence electrons. The van der Waals surface area contributed by atoms with Crippen LogP contribution in [-0.2, 0) is 143 Å². The van der Waals surface area contributed by atoms with Gasteiger partial charge in [0, 0.05) is 62.3 Å². The van der Waals surface area contributed by atoms with Crippen LogP contribution < -0.4 is 16.0 Å². The number of benzene rings is 3. The van der Waals surface area contributed by atoms with Gasteiger partial charge in [-0.3, -0.25) is 43.2 Å². The van der Waals surface area contributed by atoms with E-state index in [2.05, 4.69) is 16.0 Å². The number of carbonyl (C=O) groups is 9. The predicted molar refractivity (Wildman–Crippen MR) is 310 cm³/mol. The van der Waals surface area contributed by atoms with E-state index in [0.29, 0.717) is 11.1 Å². The maximum Gasteiger partial charge on any atom is 0.303 e. The first-order valence-corrected chi connectivity index (χ1v) is 29.9. The Hall–Kier alpha value is -7.55. The molecule has 0 unspecified atom stereocenters. The van der Waals surface area contributed by atoms with Crippen molar-refractivity contribution in [1.29, 1.82) is 0 Å². The lowest BCUT2D eigenvalue weighted by atomic mass is 9.94. The van der Waals surface area contributed by atoms with Gasteiger partial charge in [0.25, 0.3) is 0 Å². The van der Waals surface area contributed by atoms with E-state index in [1.54, 1.807) is 60.7 Å². The summed E-state index contributed by atoms with van der Waals surface area (Å²) in [4.78, 5) is 116. The van der Waals surface area contributed by atoms with Crippen molar-refractivity contribution in [3.05, 3.63) is 108 Å². The zero-order valence-electron chi connectivity index (χ0n) is 52.3. The summed E-state index contributed by atoms with van der Waals surface area (Å²) < 4.78 is 109. The van der Waals surface area contributed by atoms with Gasteiger partial charge in [0.2, 0.25) is 17.7 Å². The number of hydrogen-bond acceptors (Lipinski definition) is 26. The minimum atomic E-state index is -1.80. The Kier molecular flexibility index (Phi) is 25.5. The third-order valence-electron chi connectivity index (χ3n) is 15.0. The van der Waals surface area contributed by atoms with Crippen LogP contribution in [0, 0.1) is 0 Å². The minimum Gasteiger partial charge on any atom is -0.463 e. The van der Waals surface area contributed by atoms with Crippen molar-refractivity contribution in [2.75, 3.05) is 26.4 Å². The van der Waals surface area contributed by atoms with Gasteiger partial charge in [-0.1, -0.05) is 91.0 Å². The minimum absolute atomic E-state index is 0.00973. The SMILES string of the molecule is CC(=O)N[C@H]1[C@H](OC[C@H]2O[C@@H](O[C@H]3[C@H](OCc4ccccc4)[C@@H](NC(C)=O)[C@@H]4OC[C@H]3O4)[C@H](OCc3ccccc3)[C@@H](O[C@@H]3O[C@H](COC(C)=O)[C@@H](OC(C)=O)[C@H](OC(C)=O)[C@H]3NC(C)=O)[C@H]2OCc2ccccc2)O[C@H](COC(C)=O)[C@@H](OC(C)=O)[C@@H]1OC(C)=O. The van der Waals surface area contributed by atoms with Gasteiger partial charge < -0.3 is 96.5 Å². The molecule has 0 radical (unpaired) electrons. The Morgan fingerprint density at radius 1 is 0.370 bits per heavy atom. The van der Waals surface area contributed by atoms with Gasteiger partial charge in [0.05, 0.1) is 33.0 Å². The van der Waals surface area contributed by atoms with Crippen LogP contribution in [0.3, 0.4) is 0 Å². The number of rotatable bonds is 27. The van der Waals surface area contributed by atoms with Crippen LogP contribution in [0.2, 0.25) is 0 Å². The van der Waals surface area contributed by atoms with E-state index < -0.39 is 196 Å². The molecule has 3 amide bonds. The molecule has 0 saturated carbocycles. The number of esters is 6. The lowest BCUT2D eigenvalue weighted by molar-refractivity contribution is -0.377. The number of fused-ring (bicyclic) bond motifs is 2.